The van der Waals surface area contributed by atoms with Crippen LogP contribution in [0.5, 0.6) is 0 Å². The van der Waals surface area contributed by atoms with Crippen LogP contribution in [0.15, 0.2) is 30.3 Å². The highest BCUT2D eigenvalue weighted by atomic mass is 14.8. The quantitative estimate of drug-likeness (QED) is 0.684. The molecule has 0 aliphatic carbocycles. The molecule has 0 radical (unpaired) electrons. The second-order valence-electron chi connectivity index (χ2n) is 3.99. The molecular formula is C11H14N2. The Morgan fingerprint density at radius 3 is 2.54 bits per heavy atom. The molecule has 2 aromatic rings. The highest BCUT2D eigenvalue weighted by Gasteiger charge is 2.15. The maximum absolute atomic E-state index is 5.99. The molecule has 68 valence electrons. The summed E-state index contributed by atoms with van der Waals surface area (Å²) >= 11 is 0. The van der Waals surface area contributed by atoms with Crippen molar-refractivity contribution in [1.82, 2.24) is 4.98 Å². The Balaban J connectivity index is 2.63. The Morgan fingerprint density at radius 1 is 1.23 bits per heavy atom. The van der Waals surface area contributed by atoms with Crippen molar-refractivity contribution in [3.05, 3.63) is 36.0 Å². The maximum Gasteiger partial charge on any atom is 0.0504 e. The third-order valence-electron chi connectivity index (χ3n) is 2.22. The monoisotopic (exact) mass is 174 g/mol. The van der Waals surface area contributed by atoms with Crippen LogP contribution in [0.1, 0.15) is 19.5 Å². The van der Waals surface area contributed by atoms with E-state index in [-0.39, 0.29) is 5.54 Å². The first-order valence-electron chi connectivity index (χ1n) is 4.44. The number of aromatic nitrogens is 1. The van der Waals surface area contributed by atoms with E-state index in [1.807, 2.05) is 26.0 Å². The zero-order valence-corrected chi connectivity index (χ0v) is 7.96. The molecule has 0 atom stereocenters. The predicted octanol–water partition coefficient (Wildman–Crippen LogP) is 2.36. The Morgan fingerprint density at radius 2 is 1.92 bits per heavy atom. The number of hydrogen-bond acceptors (Lipinski definition) is 1. The normalized spacial score (nSPS) is 12.2. The standard InChI is InChI=1S/C11H14N2/c1-11(2,12)10-7-8-5-3-4-6-9(8)13-10/h3-7,13H,12H2,1-2H3. The summed E-state index contributed by atoms with van der Waals surface area (Å²) in [5.74, 6) is 0. The van der Waals surface area contributed by atoms with Crippen molar-refractivity contribution in [3.63, 3.8) is 0 Å². The zero-order valence-electron chi connectivity index (χ0n) is 7.96. The minimum Gasteiger partial charge on any atom is -0.357 e. The van der Waals surface area contributed by atoms with E-state index in [9.17, 15) is 0 Å². The predicted molar refractivity (Wildman–Crippen MR) is 55.5 cm³/mol. The van der Waals surface area contributed by atoms with Gasteiger partial charge in [-0.15, -0.1) is 0 Å². The van der Waals surface area contributed by atoms with Crippen molar-refractivity contribution in [2.45, 2.75) is 19.4 Å². The lowest BCUT2D eigenvalue weighted by atomic mass is 10.0. The molecule has 0 aliphatic heterocycles. The lowest BCUT2D eigenvalue weighted by Crippen LogP contribution is -2.28. The molecule has 1 aromatic heterocycles. The summed E-state index contributed by atoms with van der Waals surface area (Å²) in [5, 5.41) is 1.22. The van der Waals surface area contributed by atoms with Gasteiger partial charge in [-0.05, 0) is 31.4 Å². The smallest absolute Gasteiger partial charge is 0.0504 e. The number of benzene rings is 1. The Bertz CT molecular complexity index is 388. The highest BCUT2D eigenvalue weighted by molar-refractivity contribution is 5.80. The van der Waals surface area contributed by atoms with Gasteiger partial charge in [0, 0.05) is 11.2 Å². The van der Waals surface area contributed by atoms with E-state index < -0.39 is 0 Å². The van der Waals surface area contributed by atoms with Crippen LogP contribution in [-0.2, 0) is 5.54 Å². The summed E-state index contributed by atoms with van der Waals surface area (Å²) in [5.41, 5.74) is 7.92. The molecule has 0 unspecified atom stereocenters. The third kappa shape index (κ3) is 1.45. The van der Waals surface area contributed by atoms with Gasteiger partial charge in [-0.3, -0.25) is 0 Å². The fourth-order valence-electron chi connectivity index (χ4n) is 1.42. The number of rotatable bonds is 1. The molecule has 1 aromatic carbocycles. The number of nitrogens with two attached hydrogens (primary N) is 1. The number of H-pyrrole nitrogens is 1. The number of nitrogens with one attached hydrogen (secondary N) is 1. The second kappa shape index (κ2) is 2.60. The molecule has 0 saturated carbocycles. The van der Waals surface area contributed by atoms with Crippen LogP contribution in [0.25, 0.3) is 10.9 Å². The molecular weight excluding hydrogens is 160 g/mol. The van der Waals surface area contributed by atoms with E-state index in [1.165, 1.54) is 5.39 Å². The summed E-state index contributed by atoms with van der Waals surface area (Å²) < 4.78 is 0. The van der Waals surface area contributed by atoms with Crippen molar-refractivity contribution in [1.29, 1.82) is 0 Å². The summed E-state index contributed by atoms with van der Waals surface area (Å²) in [6, 6.07) is 10.3. The first-order valence-corrected chi connectivity index (χ1v) is 4.44. The number of hydrogen-bond donors (Lipinski definition) is 2. The van der Waals surface area contributed by atoms with E-state index in [0.29, 0.717) is 0 Å². The average Bonchev–Trinajstić information content (AvgIpc) is 2.45. The number of para-hydroxylation sites is 1. The molecule has 0 saturated heterocycles. The fourth-order valence-corrected chi connectivity index (χ4v) is 1.42. The lowest BCUT2D eigenvalue weighted by Gasteiger charge is -2.15. The van der Waals surface area contributed by atoms with Crippen LogP contribution in [0.4, 0.5) is 0 Å². The molecule has 3 N–H and O–H groups in total. The van der Waals surface area contributed by atoms with Crippen LogP contribution in [-0.4, -0.2) is 4.98 Å². The molecule has 0 bridgehead atoms. The van der Waals surface area contributed by atoms with Crippen LogP contribution >= 0.6 is 0 Å². The van der Waals surface area contributed by atoms with Crippen LogP contribution < -0.4 is 5.73 Å². The summed E-state index contributed by atoms with van der Waals surface area (Å²) in [6.45, 7) is 4.00. The van der Waals surface area contributed by atoms with Crippen LogP contribution in [0.2, 0.25) is 0 Å². The molecule has 2 heteroatoms. The Kier molecular flexibility index (Phi) is 1.67. The fraction of sp³-hybridized carbons (Fsp3) is 0.273. The van der Waals surface area contributed by atoms with E-state index in [4.69, 9.17) is 5.73 Å². The maximum atomic E-state index is 5.99. The summed E-state index contributed by atoms with van der Waals surface area (Å²) in [6.07, 6.45) is 0. The molecule has 2 rings (SSSR count). The van der Waals surface area contributed by atoms with Crippen molar-refractivity contribution in [2.24, 2.45) is 5.73 Å². The number of aromatic amines is 1. The van der Waals surface area contributed by atoms with Crippen molar-refractivity contribution < 1.29 is 0 Å². The average molecular weight is 174 g/mol. The molecule has 13 heavy (non-hydrogen) atoms. The summed E-state index contributed by atoms with van der Waals surface area (Å²) in [7, 11) is 0. The molecule has 1 heterocycles. The van der Waals surface area contributed by atoms with E-state index in [2.05, 4.69) is 23.2 Å². The SMILES string of the molecule is CC(C)(N)c1cc2ccccc2[nH]1. The van der Waals surface area contributed by atoms with Gasteiger partial charge in [0.15, 0.2) is 0 Å². The first-order chi connectivity index (χ1) is 6.07. The number of fused-ring (bicyclic) bond motifs is 1. The van der Waals surface area contributed by atoms with E-state index in [1.54, 1.807) is 0 Å². The van der Waals surface area contributed by atoms with Gasteiger partial charge in [0.05, 0.1) is 5.54 Å². The van der Waals surface area contributed by atoms with Gasteiger partial charge < -0.3 is 10.7 Å². The molecule has 0 fully saturated rings. The topological polar surface area (TPSA) is 41.8 Å². The van der Waals surface area contributed by atoms with Gasteiger partial charge in [-0.1, -0.05) is 18.2 Å². The van der Waals surface area contributed by atoms with Crippen molar-refractivity contribution in [2.75, 3.05) is 0 Å². The van der Waals surface area contributed by atoms with Crippen molar-refractivity contribution in [3.8, 4) is 0 Å². The van der Waals surface area contributed by atoms with Crippen LogP contribution in [0.3, 0.4) is 0 Å². The minimum absolute atomic E-state index is 0.293. The van der Waals surface area contributed by atoms with Gasteiger partial charge in [-0.2, -0.15) is 0 Å². The first kappa shape index (κ1) is 8.32. The van der Waals surface area contributed by atoms with Crippen LogP contribution in [0, 0.1) is 0 Å². The second-order valence-corrected chi connectivity index (χ2v) is 3.99. The minimum atomic E-state index is -0.293. The Labute approximate surface area is 77.8 Å². The highest BCUT2D eigenvalue weighted by Crippen LogP contribution is 2.21. The zero-order chi connectivity index (χ0) is 9.47. The van der Waals surface area contributed by atoms with Gasteiger partial charge in [-0.25, -0.2) is 0 Å². The molecule has 2 nitrogen and oxygen atoms in total. The van der Waals surface area contributed by atoms with Gasteiger partial charge in [0.2, 0.25) is 0 Å². The van der Waals surface area contributed by atoms with Crippen molar-refractivity contribution >= 4 is 10.9 Å². The molecule has 0 spiro atoms. The third-order valence-corrected chi connectivity index (χ3v) is 2.22. The van der Waals surface area contributed by atoms with Gasteiger partial charge in [0.1, 0.15) is 0 Å². The van der Waals surface area contributed by atoms with E-state index >= 15 is 0 Å². The summed E-state index contributed by atoms with van der Waals surface area (Å²) in [4.78, 5) is 3.31. The van der Waals surface area contributed by atoms with Gasteiger partial charge >= 0.3 is 0 Å². The largest absolute Gasteiger partial charge is 0.357 e. The van der Waals surface area contributed by atoms with E-state index in [0.717, 1.165) is 11.2 Å². The molecule has 0 aliphatic rings. The molecule has 0 amide bonds. The lowest BCUT2D eigenvalue weighted by molar-refractivity contribution is 0.540. The Hall–Kier alpha value is -1.28. The van der Waals surface area contributed by atoms with Gasteiger partial charge in [0.25, 0.3) is 0 Å².